The maximum Gasteiger partial charge on any atom is 0.308 e. The van der Waals surface area contributed by atoms with E-state index in [1.165, 1.54) is 0 Å². The monoisotopic (exact) mass is 240 g/mol. The Morgan fingerprint density at radius 1 is 1.25 bits per heavy atom. The van der Waals surface area contributed by atoms with Crippen LogP contribution in [0.3, 0.4) is 0 Å². The predicted molar refractivity (Wildman–Crippen MR) is 58.9 cm³/mol. The lowest BCUT2D eigenvalue weighted by Gasteiger charge is -1.97. The summed E-state index contributed by atoms with van der Waals surface area (Å²) in [6.45, 7) is 0. The Balaban J connectivity index is 2.34. The summed E-state index contributed by atoms with van der Waals surface area (Å²) in [5, 5.41) is 8.18. The quantitative estimate of drug-likeness (QED) is 0.852. The lowest BCUT2D eigenvalue weighted by atomic mass is 10.1. The Labute approximate surface area is 93.8 Å². The van der Waals surface area contributed by atoms with Crippen LogP contribution in [-0.2, 0) is 14.6 Å². The molecule has 4 nitrogen and oxygen atoms in total. The van der Waals surface area contributed by atoms with Gasteiger partial charge in [-0.05, 0) is 5.56 Å². The van der Waals surface area contributed by atoms with Crippen LogP contribution < -0.4 is 0 Å². The third-order valence-corrected chi connectivity index (χ3v) is 4.49. The largest absolute Gasteiger partial charge is 0.481 e. The van der Waals surface area contributed by atoms with Gasteiger partial charge in [0.1, 0.15) is 0 Å². The SMILES string of the molecule is CS(=O)(=O)[C@@H]1[C@@H](C(=O)O)[C@@H]1c1ccccc1. The lowest BCUT2D eigenvalue weighted by Crippen LogP contribution is -2.10. The Hall–Kier alpha value is -1.36. The zero-order valence-corrected chi connectivity index (χ0v) is 9.52. The summed E-state index contributed by atoms with van der Waals surface area (Å²) in [5.41, 5.74) is 0.783. The van der Waals surface area contributed by atoms with E-state index in [1.54, 1.807) is 24.3 Å². The number of hydrogen-bond acceptors (Lipinski definition) is 3. The number of rotatable bonds is 3. The Morgan fingerprint density at radius 2 is 1.81 bits per heavy atom. The van der Waals surface area contributed by atoms with Crippen molar-refractivity contribution < 1.29 is 18.3 Å². The van der Waals surface area contributed by atoms with Crippen LogP contribution in [0.5, 0.6) is 0 Å². The second-order valence-corrected chi connectivity index (χ2v) is 6.30. The molecular formula is C11H12O4S. The molecule has 0 saturated heterocycles. The van der Waals surface area contributed by atoms with Gasteiger partial charge in [0, 0.05) is 12.2 Å². The van der Waals surface area contributed by atoms with Gasteiger partial charge in [0.15, 0.2) is 9.84 Å². The minimum atomic E-state index is -3.30. The van der Waals surface area contributed by atoms with Crippen molar-refractivity contribution in [2.75, 3.05) is 6.26 Å². The first-order chi connectivity index (χ1) is 7.43. The molecule has 0 spiro atoms. The van der Waals surface area contributed by atoms with Crippen LogP contribution in [0.25, 0.3) is 0 Å². The number of aliphatic carboxylic acids is 1. The highest BCUT2D eigenvalue weighted by Gasteiger charge is 2.61. The van der Waals surface area contributed by atoms with E-state index in [-0.39, 0.29) is 0 Å². The third kappa shape index (κ3) is 1.82. The van der Waals surface area contributed by atoms with E-state index in [0.29, 0.717) is 0 Å². The highest BCUT2D eigenvalue weighted by molar-refractivity contribution is 7.91. The van der Waals surface area contributed by atoms with Gasteiger partial charge in [-0.15, -0.1) is 0 Å². The van der Waals surface area contributed by atoms with E-state index in [4.69, 9.17) is 5.11 Å². The molecule has 1 aliphatic carbocycles. The number of benzene rings is 1. The number of carbonyl (C=O) groups is 1. The number of sulfone groups is 1. The molecule has 1 aliphatic rings. The molecule has 3 atom stereocenters. The van der Waals surface area contributed by atoms with Gasteiger partial charge in [-0.25, -0.2) is 8.42 Å². The van der Waals surface area contributed by atoms with Gasteiger partial charge in [0.2, 0.25) is 0 Å². The van der Waals surface area contributed by atoms with Crippen molar-refractivity contribution in [1.29, 1.82) is 0 Å². The van der Waals surface area contributed by atoms with E-state index in [9.17, 15) is 13.2 Å². The highest BCUT2D eigenvalue weighted by Crippen LogP contribution is 2.52. The maximum absolute atomic E-state index is 11.4. The van der Waals surface area contributed by atoms with Crippen LogP contribution in [0.15, 0.2) is 30.3 Å². The van der Waals surface area contributed by atoms with Crippen LogP contribution >= 0.6 is 0 Å². The summed E-state index contributed by atoms with van der Waals surface area (Å²) in [4.78, 5) is 10.9. The minimum Gasteiger partial charge on any atom is -0.481 e. The molecule has 0 radical (unpaired) electrons. The molecule has 5 heteroatoms. The van der Waals surface area contributed by atoms with E-state index >= 15 is 0 Å². The second kappa shape index (κ2) is 3.59. The summed E-state index contributed by atoms with van der Waals surface area (Å²) in [6, 6.07) is 8.92. The van der Waals surface area contributed by atoms with Crippen LogP contribution in [-0.4, -0.2) is 31.0 Å². The predicted octanol–water partition coefficient (Wildman–Crippen LogP) is 0.898. The first-order valence-corrected chi connectivity index (χ1v) is 6.85. The fourth-order valence-corrected chi connectivity index (χ4v) is 3.77. The summed E-state index contributed by atoms with van der Waals surface area (Å²) in [6.07, 6.45) is 1.09. The van der Waals surface area contributed by atoms with Crippen LogP contribution in [0.4, 0.5) is 0 Å². The number of carboxylic acid groups (broad SMARTS) is 1. The molecule has 1 aromatic rings. The van der Waals surface area contributed by atoms with Crippen molar-refractivity contribution in [1.82, 2.24) is 0 Å². The standard InChI is InChI=1S/C11H12O4S/c1-16(14,15)10-8(9(10)11(12)13)7-5-3-2-4-6-7/h2-6,8-10H,1H3,(H,12,13)/t8-,9-,10-/m0/s1. The zero-order valence-electron chi connectivity index (χ0n) is 8.70. The van der Waals surface area contributed by atoms with Crippen LogP contribution in [0.2, 0.25) is 0 Å². The number of carboxylic acids is 1. The molecule has 0 amide bonds. The molecule has 16 heavy (non-hydrogen) atoms. The van der Waals surface area contributed by atoms with Crippen molar-refractivity contribution in [3.05, 3.63) is 35.9 Å². The van der Waals surface area contributed by atoms with Crippen molar-refractivity contribution in [3.63, 3.8) is 0 Å². The van der Waals surface area contributed by atoms with Gasteiger partial charge >= 0.3 is 5.97 Å². The van der Waals surface area contributed by atoms with Gasteiger partial charge in [0.05, 0.1) is 11.2 Å². The summed E-state index contributed by atoms with van der Waals surface area (Å²) in [5.74, 6) is -2.23. The second-order valence-electron chi connectivity index (χ2n) is 4.09. The average molecular weight is 240 g/mol. The molecular weight excluding hydrogens is 228 g/mol. The van der Waals surface area contributed by atoms with Gasteiger partial charge in [0.25, 0.3) is 0 Å². The van der Waals surface area contributed by atoms with Crippen molar-refractivity contribution >= 4 is 15.8 Å². The van der Waals surface area contributed by atoms with Crippen LogP contribution in [0, 0.1) is 5.92 Å². The normalized spacial score (nSPS) is 28.7. The molecule has 1 saturated carbocycles. The zero-order chi connectivity index (χ0) is 11.9. The Kier molecular flexibility index (Phi) is 2.50. The van der Waals surface area contributed by atoms with E-state index < -0.39 is 32.9 Å². The molecule has 86 valence electrons. The summed E-state index contributed by atoms with van der Waals surface area (Å²) < 4.78 is 22.9. The Morgan fingerprint density at radius 3 is 2.19 bits per heavy atom. The molecule has 0 heterocycles. The first-order valence-electron chi connectivity index (χ1n) is 4.89. The third-order valence-electron chi connectivity index (χ3n) is 2.92. The Bertz CT molecular complexity index is 506. The molecule has 0 bridgehead atoms. The fourth-order valence-electron chi connectivity index (χ4n) is 2.18. The first kappa shape index (κ1) is 11.1. The molecule has 2 rings (SSSR count). The van der Waals surface area contributed by atoms with Gasteiger partial charge in [-0.2, -0.15) is 0 Å². The highest BCUT2D eigenvalue weighted by atomic mass is 32.2. The molecule has 1 N–H and O–H groups in total. The minimum absolute atomic E-state index is 0.395. The molecule has 0 aliphatic heterocycles. The van der Waals surface area contributed by atoms with E-state index in [2.05, 4.69) is 0 Å². The maximum atomic E-state index is 11.4. The van der Waals surface area contributed by atoms with Crippen LogP contribution in [0.1, 0.15) is 11.5 Å². The van der Waals surface area contributed by atoms with Gasteiger partial charge < -0.3 is 5.11 Å². The molecule has 0 aromatic heterocycles. The molecule has 1 fully saturated rings. The van der Waals surface area contributed by atoms with Crippen molar-refractivity contribution in [2.45, 2.75) is 11.2 Å². The summed E-state index contributed by atoms with van der Waals surface area (Å²) in [7, 11) is -3.30. The van der Waals surface area contributed by atoms with Gasteiger partial charge in [-0.1, -0.05) is 30.3 Å². The summed E-state index contributed by atoms with van der Waals surface area (Å²) >= 11 is 0. The molecule has 1 aromatic carbocycles. The molecule has 0 unspecified atom stereocenters. The smallest absolute Gasteiger partial charge is 0.308 e. The average Bonchev–Trinajstić information content (AvgIpc) is 2.93. The van der Waals surface area contributed by atoms with E-state index in [0.717, 1.165) is 11.8 Å². The van der Waals surface area contributed by atoms with Crippen molar-refractivity contribution in [2.24, 2.45) is 5.92 Å². The fraction of sp³-hybridized carbons (Fsp3) is 0.364. The van der Waals surface area contributed by atoms with Crippen molar-refractivity contribution in [3.8, 4) is 0 Å². The van der Waals surface area contributed by atoms with E-state index in [1.807, 2.05) is 6.07 Å². The number of hydrogen-bond donors (Lipinski definition) is 1. The topological polar surface area (TPSA) is 71.4 Å². The van der Waals surface area contributed by atoms with Gasteiger partial charge in [-0.3, -0.25) is 4.79 Å². The lowest BCUT2D eigenvalue weighted by molar-refractivity contribution is -0.138.